The van der Waals surface area contributed by atoms with E-state index >= 15 is 0 Å². The predicted molar refractivity (Wildman–Crippen MR) is 79.4 cm³/mol. The van der Waals surface area contributed by atoms with Crippen molar-refractivity contribution in [3.05, 3.63) is 28.8 Å². The lowest BCUT2D eigenvalue weighted by atomic mass is 9.98. The fraction of sp³-hybridized carbons (Fsp3) is 0.625. The average Bonchev–Trinajstić information content (AvgIpc) is 2.40. The van der Waals surface area contributed by atoms with Crippen LogP contribution in [0.3, 0.4) is 0 Å². The first-order valence-electron chi connectivity index (χ1n) is 7.27. The minimum atomic E-state index is 0.784. The van der Waals surface area contributed by atoms with Gasteiger partial charge in [-0.05, 0) is 75.3 Å². The van der Waals surface area contributed by atoms with Gasteiger partial charge in [0.1, 0.15) is 0 Å². The van der Waals surface area contributed by atoms with Crippen LogP contribution in [0, 0.1) is 13.8 Å². The van der Waals surface area contributed by atoms with Crippen molar-refractivity contribution in [1.29, 1.82) is 0 Å². The number of piperidine rings is 1. The molecule has 1 aromatic rings. The summed E-state index contributed by atoms with van der Waals surface area (Å²) in [6.07, 6.45) is 6.27. The summed E-state index contributed by atoms with van der Waals surface area (Å²) in [4.78, 5) is 2.55. The maximum atomic E-state index is 5.60. The molecule has 1 aromatic carbocycles. The van der Waals surface area contributed by atoms with Crippen molar-refractivity contribution in [3.8, 4) is 0 Å². The molecule has 1 fully saturated rings. The fourth-order valence-corrected chi connectivity index (χ4v) is 2.90. The molecule has 1 aliphatic heterocycles. The molecule has 1 saturated heterocycles. The third-order valence-electron chi connectivity index (χ3n) is 4.00. The van der Waals surface area contributed by atoms with Gasteiger partial charge in [-0.2, -0.15) is 0 Å². The van der Waals surface area contributed by atoms with Crippen molar-refractivity contribution in [1.82, 2.24) is 0 Å². The predicted octanol–water partition coefficient (Wildman–Crippen LogP) is 3.19. The Kier molecular flexibility index (Phi) is 4.65. The number of aryl methyl sites for hydroxylation is 3. The number of hydrogen-bond acceptors (Lipinski definition) is 2. The van der Waals surface area contributed by atoms with Crippen LogP contribution < -0.4 is 10.6 Å². The lowest BCUT2D eigenvalue weighted by Gasteiger charge is -2.31. The van der Waals surface area contributed by atoms with Crippen LogP contribution in [-0.2, 0) is 6.42 Å². The molecule has 2 rings (SSSR count). The maximum Gasteiger partial charge on any atom is 0.0398 e. The molecule has 0 radical (unpaired) electrons. The normalized spacial score (nSPS) is 16.1. The Morgan fingerprint density at radius 2 is 1.78 bits per heavy atom. The van der Waals surface area contributed by atoms with Crippen molar-refractivity contribution < 1.29 is 0 Å². The van der Waals surface area contributed by atoms with Crippen LogP contribution in [0.15, 0.2) is 12.1 Å². The lowest BCUT2D eigenvalue weighted by molar-refractivity contribution is 0.577. The number of benzene rings is 1. The van der Waals surface area contributed by atoms with Gasteiger partial charge >= 0.3 is 0 Å². The molecule has 0 saturated carbocycles. The zero-order valence-electron chi connectivity index (χ0n) is 11.8. The second-order valence-corrected chi connectivity index (χ2v) is 5.51. The van der Waals surface area contributed by atoms with Gasteiger partial charge in [-0.1, -0.05) is 6.07 Å². The highest BCUT2D eigenvalue weighted by Gasteiger charge is 2.14. The molecular weight excluding hydrogens is 220 g/mol. The molecule has 2 nitrogen and oxygen atoms in total. The molecule has 18 heavy (non-hydrogen) atoms. The van der Waals surface area contributed by atoms with E-state index in [0.717, 1.165) is 19.4 Å². The molecule has 1 heterocycles. The highest BCUT2D eigenvalue weighted by atomic mass is 15.1. The van der Waals surface area contributed by atoms with Gasteiger partial charge < -0.3 is 10.6 Å². The van der Waals surface area contributed by atoms with E-state index < -0.39 is 0 Å². The van der Waals surface area contributed by atoms with Crippen LogP contribution >= 0.6 is 0 Å². The number of hydrogen-bond donors (Lipinski definition) is 1. The van der Waals surface area contributed by atoms with Gasteiger partial charge in [0, 0.05) is 18.8 Å². The summed E-state index contributed by atoms with van der Waals surface area (Å²) in [7, 11) is 0. The molecular formula is C16H26N2. The Hall–Kier alpha value is -1.02. The van der Waals surface area contributed by atoms with Crippen molar-refractivity contribution >= 4 is 5.69 Å². The number of nitrogens with zero attached hydrogens (tertiary/aromatic N) is 1. The molecule has 1 aliphatic rings. The van der Waals surface area contributed by atoms with Crippen molar-refractivity contribution in [2.24, 2.45) is 5.73 Å². The summed E-state index contributed by atoms with van der Waals surface area (Å²) < 4.78 is 0. The zero-order valence-corrected chi connectivity index (χ0v) is 11.8. The molecule has 2 N–H and O–H groups in total. The lowest BCUT2D eigenvalue weighted by Crippen LogP contribution is -2.30. The highest BCUT2D eigenvalue weighted by molar-refractivity contribution is 5.57. The largest absolute Gasteiger partial charge is 0.371 e. The summed E-state index contributed by atoms with van der Waals surface area (Å²) in [6.45, 7) is 7.71. The van der Waals surface area contributed by atoms with E-state index in [1.165, 1.54) is 54.7 Å². The van der Waals surface area contributed by atoms with E-state index in [1.807, 2.05) is 0 Å². The van der Waals surface area contributed by atoms with E-state index in [1.54, 1.807) is 0 Å². The average molecular weight is 246 g/mol. The first-order valence-corrected chi connectivity index (χ1v) is 7.27. The molecule has 2 heteroatoms. The topological polar surface area (TPSA) is 29.3 Å². The quantitative estimate of drug-likeness (QED) is 0.884. The molecule has 0 bridgehead atoms. The van der Waals surface area contributed by atoms with Crippen molar-refractivity contribution in [3.63, 3.8) is 0 Å². The van der Waals surface area contributed by atoms with Crippen molar-refractivity contribution in [2.75, 3.05) is 24.5 Å². The van der Waals surface area contributed by atoms with Crippen LogP contribution in [0.1, 0.15) is 42.4 Å². The van der Waals surface area contributed by atoms with Crippen LogP contribution in [0.5, 0.6) is 0 Å². The SMILES string of the molecule is Cc1cc(N2CCCCC2)c(C)cc1CCCN. The smallest absolute Gasteiger partial charge is 0.0398 e. The standard InChI is InChI=1S/C16H26N2/c1-13-12-16(18-9-4-3-5-10-18)14(2)11-15(13)7-6-8-17/h11-12H,3-10,17H2,1-2H3. The fourth-order valence-electron chi connectivity index (χ4n) is 2.90. The minimum absolute atomic E-state index is 0.784. The van der Waals surface area contributed by atoms with E-state index in [0.29, 0.717) is 0 Å². The number of anilines is 1. The van der Waals surface area contributed by atoms with Gasteiger partial charge in [0.15, 0.2) is 0 Å². The zero-order chi connectivity index (χ0) is 13.0. The van der Waals surface area contributed by atoms with Gasteiger partial charge in [0.05, 0.1) is 0 Å². The molecule has 0 aromatic heterocycles. The van der Waals surface area contributed by atoms with Crippen LogP contribution in [0.4, 0.5) is 5.69 Å². The Morgan fingerprint density at radius 3 is 2.44 bits per heavy atom. The monoisotopic (exact) mass is 246 g/mol. The van der Waals surface area contributed by atoms with Gasteiger partial charge in [0.25, 0.3) is 0 Å². The third kappa shape index (κ3) is 3.05. The Labute approximate surface area is 111 Å². The Balaban J connectivity index is 2.18. The third-order valence-corrected chi connectivity index (χ3v) is 4.00. The van der Waals surface area contributed by atoms with Gasteiger partial charge in [-0.25, -0.2) is 0 Å². The van der Waals surface area contributed by atoms with Crippen molar-refractivity contribution in [2.45, 2.75) is 46.0 Å². The van der Waals surface area contributed by atoms with Gasteiger partial charge in [-0.15, -0.1) is 0 Å². The number of rotatable bonds is 4. The molecule has 0 unspecified atom stereocenters. The van der Waals surface area contributed by atoms with Gasteiger partial charge in [0.2, 0.25) is 0 Å². The number of nitrogens with two attached hydrogens (primary N) is 1. The first-order chi connectivity index (χ1) is 8.72. The van der Waals surface area contributed by atoms with Gasteiger partial charge in [-0.3, -0.25) is 0 Å². The van der Waals surface area contributed by atoms with E-state index in [4.69, 9.17) is 5.73 Å². The second kappa shape index (κ2) is 6.24. The van der Waals surface area contributed by atoms with Crippen LogP contribution in [-0.4, -0.2) is 19.6 Å². The Bertz CT molecular complexity index is 392. The highest BCUT2D eigenvalue weighted by Crippen LogP contribution is 2.27. The maximum absolute atomic E-state index is 5.60. The summed E-state index contributed by atoms with van der Waals surface area (Å²) in [6, 6.07) is 4.75. The molecule has 100 valence electrons. The van der Waals surface area contributed by atoms with Crippen LogP contribution in [0.25, 0.3) is 0 Å². The Morgan fingerprint density at radius 1 is 1.06 bits per heavy atom. The van der Waals surface area contributed by atoms with Crippen LogP contribution in [0.2, 0.25) is 0 Å². The molecule has 0 amide bonds. The first kappa shape index (κ1) is 13.4. The molecule has 0 atom stereocenters. The molecule has 0 aliphatic carbocycles. The van der Waals surface area contributed by atoms with E-state index in [9.17, 15) is 0 Å². The van der Waals surface area contributed by atoms with E-state index in [-0.39, 0.29) is 0 Å². The second-order valence-electron chi connectivity index (χ2n) is 5.51. The summed E-state index contributed by atoms with van der Waals surface area (Å²) in [5.74, 6) is 0. The summed E-state index contributed by atoms with van der Waals surface area (Å²) >= 11 is 0. The van der Waals surface area contributed by atoms with E-state index in [2.05, 4.69) is 30.9 Å². The summed E-state index contributed by atoms with van der Waals surface area (Å²) in [5, 5.41) is 0. The summed E-state index contributed by atoms with van der Waals surface area (Å²) in [5.41, 5.74) is 11.4. The molecule has 0 spiro atoms. The minimum Gasteiger partial charge on any atom is -0.371 e.